The first-order chi connectivity index (χ1) is 48.1. The standard InChI is InChI=1S/C81H158O17P2/c1-9-74(8)60-52-44-39-40-46-54-62-79(84)92-68-77(98-81(86)64-56-48-38-32-26-18-14-16-22-28-34-42-50-58-72(4)5)70-96-100(89,90)94-66-75(82)65-93-99(87,88)95-69-76(67-91-78(83)61-53-45-36-30-24-20-19-23-29-35-43-51-59-73(6)7)97-80(85)63-55-47-37-31-25-17-13-11-10-12-15-21-27-33-41-49-57-71(2)3/h71-77,82H,9-70H2,1-8H3,(H,87,88)(H,89,90)/t74?,75-,76-,77-/m1/s1. The van der Waals surface area contributed by atoms with Crippen LogP contribution in [0.5, 0.6) is 0 Å². The predicted octanol–water partition coefficient (Wildman–Crippen LogP) is 24.0. The summed E-state index contributed by atoms with van der Waals surface area (Å²) in [6.45, 7) is 14.3. The van der Waals surface area contributed by atoms with Gasteiger partial charge in [0, 0.05) is 25.7 Å². The maximum Gasteiger partial charge on any atom is 0.472 e. The number of ether oxygens (including phenoxy) is 4. The van der Waals surface area contributed by atoms with Gasteiger partial charge in [0.15, 0.2) is 12.2 Å². The van der Waals surface area contributed by atoms with Crippen LogP contribution in [-0.4, -0.2) is 96.7 Å². The molecule has 6 atom stereocenters. The van der Waals surface area contributed by atoms with E-state index in [9.17, 15) is 43.2 Å². The lowest BCUT2D eigenvalue weighted by molar-refractivity contribution is -0.161. The van der Waals surface area contributed by atoms with Gasteiger partial charge in [0.1, 0.15) is 19.3 Å². The summed E-state index contributed by atoms with van der Waals surface area (Å²) in [5, 5.41) is 10.6. The Morgan fingerprint density at radius 2 is 0.480 bits per heavy atom. The molecule has 594 valence electrons. The van der Waals surface area contributed by atoms with E-state index in [-0.39, 0.29) is 25.7 Å². The zero-order chi connectivity index (χ0) is 73.8. The molecule has 0 aromatic rings. The Kier molecular flexibility index (Phi) is 68.7. The molecule has 0 heterocycles. The summed E-state index contributed by atoms with van der Waals surface area (Å²) < 4.78 is 68.7. The SMILES string of the molecule is CCC(C)CCCCCCCCC(=O)OC[C@H](COP(=O)(O)OC[C@H](O)COP(=O)(O)OC[C@@H](COC(=O)CCCCCCCCCCCCCCC(C)C)OC(=O)CCCCCCCCCCCCCCCCCCC(C)C)OC(=O)CCCCCCCCCCCCCCCC(C)C. The van der Waals surface area contributed by atoms with Gasteiger partial charge in [-0.3, -0.25) is 37.3 Å². The average Bonchev–Trinajstić information content (AvgIpc) is 1.01. The highest BCUT2D eigenvalue weighted by Crippen LogP contribution is 2.45. The molecule has 0 rings (SSSR count). The minimum absolute atomic E-state index is 0.106. The molecule has 0 aromatic heterocycles. The van der Waals surface area contributed by atoms with Gasteiger partial charge < -0.3 is 33.8 Å². The van der Waals surface area contributed by atoms with Gasteiger partial charge in [0.2, 0.25) is 0 Å². The molecule has 0 amide bonds. The summed E-state index contributed by atoms with van der Waals surface area (Å²) in [7, 11) is -9.92. The minimum Gasteiger partial charge on any atom is -0.462 e. The van der Waals surface area contributed by atoms with Crippen LogP contribution in [0.15, 0.2) is 0 Å². The van der Waals surface area contributed by atoms with Gasteiger partial charge in [0.05, 0.1) is 26.4 Å². The summed E-state index contributed by atoms with van der Waals surface area (Å²) in [6.07, 6.45) is 56.9. The van der Waals surface area contributed by atoms with Gasteiger partial charge in [-0.25, -0.2) is 9.13 Å². The topological polar surface area (TPSA) is 237 Å². The van der Waals surface area contributed by atoms with Gasteiger partial charge >= 0.3 is 39.5 Å². The molecule has 0 fully saturated rings. The summed E-state index contributed by atoms with van der Waals surface area (Å²) in [4.78, 5) is 73.0. The number of rotatable bonds is 78. The van der Waals surface area contributed by atoms with Crippen LogP contribution in [0.1, 0.15) is 415 Å². The van der Waals surface area contributed by atoms with Crippen molar-refractivity contribution in [2.24, 2.45) is 23.7 Å². The lowest BCUT2D eigenvalue weighted by Crippen LogP contribution is -2.30. The van der Waals surface area contributed by atoms with E-state index in [1.165, 1.54) is 212 Å². The summed E-state index contributed by atoms with van der Waals surface area (Å²) in [6, 6.07) is 0. The number of carbonyl (C=O) groups excluding carboxylic acids is 4. The lowest BCUT2D eigenvalue weighted by atomic mass is 10.00. The smallest absolute Gasteiger partial charge is 0.462 e. The predicted molar refractivity (Wildman–Crippen MR) is 409 cm³/mol. The molecule has 0 spiro atoms. The fourth-order valence-electron chi connectivity index (χ4n) is 12.4. The number of phosphoric acid groups is 2. The van der Waals surface area contributed by atoms with E-state index in [2.05, 4.69) is 55.4 Å². The van der Waals surface area contributed by atoms with Crippen LogP contribution in [0.3, 0.4) is 0 Å². The van der Waals surface area contributed by atoms with Crippen LogP contribution in [0.4, 0.5) is 0 Å². The van der Waals surface area contributed by atoms with Crippen LogP contribution in [0.25, 0.3) is 0 Å². The summed E-state index contributed by atoms with van der Waals surface area (Å²) in [5.41, 5.74) is 0. The lowest BCUT2D eigenvalue weighted by Gasteiger charge is -2.21. The normalized spacial score (nSPS) is 14.3. The molecule has 0 bridgehead atoms. The molecule has 0 aromatic carbocycles. The Morgan fingerprint density at radius 3 is 0.710 bits per heavy atom. The van der Waals surface area contributed by atoms with Crippen molar-refractivity contribution < 1.29 is 80.2 Å². The molecule has 0 aliphatic rings. The maximum atomic E-state index is 13.1. The van der Waals surface area contributed by atoms with Gasteiger partial charge in [-0.15, -0.1) is 0 Å². The Balaban J connectivity index is 5.25. The number of unbranched alkanes of at least 4 members (excludes halogenated alkanes) is 43. The molecule has 3 N–H and O–H groups in total. The van der Waals surface area contributed by atoms with E-state index in [1.807, 2.05) is 0 Å². The van der Waals surface area contributed by atoms with Crippen molar-refractivity contribution >= 4 is 39.5 Å². The van der Waals surface area contributed by atoms with Gasteiger partial charge in [-0.05, 0) is 49.4 Å². The molecule has 0 radical (unpaired) electrons. The van der Waals surface area contributed by atoms with Crippen LogP contribution < -0.4 is 0 Å². The average molecular weight is 1470 g/mol. The molecule has 0 saturated heterocycles. The van der Waals surface area contributed by atoms with Crippen LogP contribution in [0, 0.1) is 23.7 Å². The van der Waals surface area contributed by atoms with E-state index in [4.69, 9.17) is 37.0 Å². The number of phosphoric ester groups is 2. The largest absolute Gasteiger partial charge is 0.472 e. The number of esters is 4. The van der Waals surface area contributed by atoms with Crippen LogP contribution in [0.2, 0.25) is 0 Å². The molecule has 19 heteroatoms. The van der Waals surface area contributed by atoms with Gasteiger partial charge in [-0.1, -0.05) is 364 Å². The van der Waals surface area contributed by atoms with Gasteiger partial charge in [-0.2, -0.15) is 0 Å². The van der Waals surface area contributed by atoms with Crippen LogP contribution >= 0.6 is 15.6 Å². The molecular weight excluding hydrogens is 1310 g/mol. The van der Waals surface area contributed by atoms with E-state index < -0.39 is 97.5 Å². The molecule has 0 aliphatic heterocycles. The third-order valence-electron chi connectivity index (χ3n) is 19.2. The van der Waals surface area contributed by atoms with Crippen molar-refractivity contribution in [3.05, 3.63) is 0 Å². The first kappa shape index (κ1) is 98.1. The zero-order valence-electron chi connectivity index (χ0n) is 65.8. The Labute approximate surface area is 613 Å². The fraction of sp³-hybridized carbons (Fsp3) is 0.951. The quantitative estimate of drug-likeness (QED) is 0.0222. The Bertz CT molecular complexity index is 1960. The van der Waals surface area contributed by atoms with Gasteiger partial charge in [0.25, 0.3) is 0 Å². The Hall–Kier alpha value is -1.94. The second kappa shape index (κ2) is 70.1. The van der Waals surface area contributed by atoms with E-state index in [1.54, 1.807) is 0 Å². The fourth-order valence-corrected chi connectivity index (χ4v) is 14.0. The monoisotopic (exact) mass is 1470 g/mol. The highest BCUT2D eigenvalue weighted by molar-refractivity contribution is 7.47. The maximum absolute atomic E-state index is 13.1. The van der Waals surface area contributed by atoms with Crippen molar-refractivity contribution in [2.45, 2.75) is 433 Å². The molecule has 0 saturated carbocycles. The van der Waals surface area contributed by atoms with Crippen molar-refractivity contribution in [2.75, 3.05) is 39.6 Å². The number of aliphatic hydroxyl groups excluding tert-OH is 1. The number of hydrogen-bond acceptors (Lipinski definition) is 15. The van der Waals surface area contributed by atoms with E-state index in [0.29, 0.717) is 25.7 Å². The first-order valence-electron chi connectivity index (χ1n) is 41.7. The molecular formula is C81H158O17P2. The summed E-state index contributed by atoms with van der Waals surface area (Å²) >= 11 is 0. The van der Waals surface area contributed by atoms with Crippen LogP contribution in [-0.2, 0) is 65.4 Å². The van der Waals surface area contributed by atoms with Crippen molar-refractivity contribution in [1.29, 1.82) is 0 Å². The molecule has 3 unspecified atom stereocenters. The highest BCUT2D eigenvalue weighted by atomic mass is 31.2. The molecule has 100 heavy (non-hydrogen) atoms. The van der Waals surface area contributed by atoms with Crippen molar-refractivity contribution in [3.63, 3.8) is 0 Å². The highest BCUT2D eigenvalue weighted by Gasteiger charge is 2.30. The first-order valence-corrected chi connectivity index (χ1v) is 44.7. The van der Waals surface area contributed by atoms with E-state index in [0.717, 1.165) is 120 Å². The second-order valence-electron chi connectivity index (χ2n) is 30.8. The molecule has 0 aliphatic carbocycles. The zero-order valence-corrected chi connectivity index (χ0v) is 67.6. The number of aliphatic hydroxyl groups is 1. The number of hydrogen-bond donors (Lipinski definition) is 3. The minimum atomic E-state index is -4.96. The second-order valence-corrected chi connectivity index (χ2v) is 33.7. The third-order valence-corrected chi connectivity index (χ3v) is 21.1. The molecule has 17 nitrogen and oxygen atoms in total. The summed E-state index contributed by atoms with van der Waals surface area (Å²) in [5.74, 6) is 0.994. The van der Waals surface area contributed by atoms with Crippen molar-refractivity contribution in [1.82, 2.24) is 0 Å². The Morgan fingerprint density at radius 1 is 0.280 bits per heavy atom. The van der Waals surface area contributed by atoms with Crippen molar-refractivity contribution in [3.8, 4) is 0 Å². The number of carbonyl (C=O) groups is 4. The van der Waals surface area contributed by atoms with E-state index >= 15 is 0 Å². The third kappa shape index (κ3) is 73.0.